The number of rotatable bonds is 2. The third-order valence-corrected chi connectivity index (χ3v) is 2.05. The van der Waals surface area contributed by atoms with Gasteiger partial charge in [-0.3, -0.25) is 9.69 Å². The molecule has 0 saturated heterocycles. The number of pyridine rings is 1. The summed E-state index contributed by atoms with van der Waals surface area (Å²) in [5.41, 5.74) is 0.490. The fourth-order valence-electron chi connectivity index (χ4n) is 1.15. The summed E-state index contributed by atoms with van der Waals surface area (Å²) in [7, 11) is 1.68. The summed E-state index contributed by atoms with van der Waals surface area (Å²) in [6.45, 7) is 3.67. The van der Waals surface area contributed by atoms with E-state index in [1.165, 1.54) is 11.1 Å². The van der Waals surface area contributed by atoms with Crippen molar-refractivity contribution in [1.29, 1.82) is 5.26 Å². The summed E-state index contributed by atoms with van der Waals surface area (Å²) in [5, 5.41) is 8.59. The van der Waals surface area contributed by atoms with E-state index in [1.54, 1.807) is 19.2 Å². The molecule has 0 atom stereocenters. The molecule has 1 heterocycles. The topological polar surface area (TPSA) is 57.0 Å². The molecular formula is C11H13N3O. The highest BCUT2D eigenvalue weighted by Gasteiger charge is 2.15. The number of anilines is 1. The zero-order chi connectivity index (χ0) is 11.4. The average molecular weight is 203 g/mol. The van der Waals surface area contributed by atoms with E-state index in [2.05, 4.69) is 4.98 Å². The molecule has 1 aromatic rings. The standard InChI is InChI=1S/C11H13N3O/c1-8(2)11(15)14(3)10-5-4-9(6-12)7-13-10/h4-5,7-8H,1-3H3. The second kappa shape index (κ2) is 4.56. The van der Waals surface area contributed by atoms with Crippen molar-refractivity contribution in [1.82, 2.24) is 4.98 Å². The van der Waals surface area contributed by atoms with Gasteiger partial charge in [-0.15, -0.1) is 0 Å². The summed E-state index contributed by atoms with van der Waals surface area (Å²) >= 11 is 0. The molecule has 1 aromatic heterocycles. The first-order valence-electron chi connectivity index (χ1n) is 4.70. The number of hydrogen-bond acceptors (Lipinski definition) is 3. The van der Waals surface area contributed by atoms with Gasteiger partial charge >= 0.3 is 0 Å². The zero-order valence-corrected chi connectivity index (χ0v) is 9.06. The lowest BCUT2D eigenvalue weighted by atomic mass is 10.2. The molecule has 1 amide bonds. The maximum absolute atomic E-state index is 11.6. The monoisotopic (exact) mass is 203 g/mol. The number of amides is 1. The molecule has 0 unspecified atom stereocenters. The second-order valence-electron chi connectivity index (χ2n) is 3.57. The largest absolute Gasteiger partial charge is 0.300 e. The summed E-state index contributed by atoms with van der Waals surface area (Å²) in [4.78, 5) is 17.1. The van der Waals surface area contributed by atoms with E-state index in [4.69, 9.17) is 5.26 Å². The van der Waals surface area contributed by atoms with Crippen molar-refractivity contribution < 1.29 is 4.79 Å². The van der Waals surface area contributed by atoms with E-state index in [1.807, 2.05) is 19.9 Å². The maximum Gasteiger partial charge on any atom is 0.230 e. The van der Waals surface area contributed by atoms with E-state index in [9.17, 15) is 4.79 Å². The van der Waals surface area contributed by atoms with Crippen LogP contribution < -0.4 is 4.90 Å². The first-order valence-corrected chi connectivity index (χ1v) is 4.70. The molecule has 0 aromatic carbocycles. The lowest BCUT2D eigenvalue weighted by Crippen LogP contribution is -2.30. The van der Waals surface area contributed by atoms with Crippen molar-refractivity contribution in [2.45, 2.75) is 13.8 Å². The Balaban J connectivity index is 2.88. The molecule has 0 radical (unpaired) electrons. The fraction of sp³-hybridized carbons (Fsp3) is 0.364. The summed E-state index contributed by atoms with van der Waals surface area (Å²) in [6, 6.07) is 5.29. The highest BCUT2D eigenvalue weighted by molar-refractivity contribution is 5.93. The third-order valence-electron chi connectivity index (χ3n) is 2.05. The van der Waals surface area contributed by atoms with Crippen molar-refractivity contribution in [3.05, 3.63) is 23.9 Å². The summed E-state index contributed by atoms with van der Waals surface area (Å²) in [5.74, 6) is 0.507. The number of nitriles is 1. The van der Waals surface area contributed by atoms with Gasteiger partial charge in [0.05, 0.1) is 5.56 Å². The second-order valence-corrected chi connectivity index (χ2v) is 3.57. The molecule has 1 rings (SSSR count). The van der Waals surface area contributed by atoms with Crippen LogP contribution in [0.4, 0.5) is 5.82 Å². The van der Waals surface area contributed by atoms with E-state index < -0.39 is 0 Å². The lowest BCUT2D eigenvalue weighted by Gasteiger charge is -2.18. The van der Waals surface area contributed by atoms with Crippen LogP contribution in [0.3, 0.4) is 0 Å². The SMILES string of the molecule is CC(C)C(=O)N(C)c1ccc(C#N)cn1. The van der Waals surface area contributed by atoms with Crippen molar-refractivity contribution in [2.75, 3.05) is 11.9 Å². The smallest absolute Gasteiger partial charge is 0.230 e. The number of carbonyl (C=O) groups is 1. The molecule has 0 N–H and O–H groups in total. The maximum atomic E-state index is 11.6. The Morgan fingerprint density at radius 1 is 1.53 bits per heavy atom. The van der Waals surface area contributed by atoms with Crippen LogP contribution in [0.25, 0.3) is 0 Å². The van der Waals surface area contributed by atoms with Gasteiger partial charge in [0.15, 0.2) is 0 Å². The van der Waals surface area contributed by atoms with Crippen LogP contribution in [0.5, 0.6) is 0 Å². The van der Waals surface area contributed by atoms with Crippen molar-refractivity contribution in [3.63, 3.8) is 0 Å². The lowest BCUT2D eigenvalue weighted by molar-refractivity contribution is -0.121. The molecule has 0 bridgehead atoms. The van der Waals surface area contributed by atoms with Gasteiger partial charge in [0.25, 0.3) is 0 Å². The van der Waals surface area contributed by atoms with Gasteiger partial charge in [-0.2, -0.15) is 5.26 Å². The van der Waals surface area contributed by atoms with Gasteiger partial charge < -0.3 is 0 Å². The first kappa shape index (κ1) is 11.2. The van der Waals surface area contributed by atoms with Gasteiger partial charge in [-0.1, -0.05) is 13.8 Å². The van der Waals surface area contributed by atoms with Crippen molar-refractivity contribution in [3.8, 4) is 6.07 Å². The Bertz CT molecular complexity index is 389. The summed E-state index contributed by atoms with van der Waals surface area (Å²) in [6.07, 6.45) is 1.46. The molecular weight excluding hydrogens is 190 g/mol. The van der Waals surface area contributed by atoms with Crippen LogP contribution >= 0.6 is 0 Å². The molecule has 0 saturated carbocycles. The Morgan fingerprint density at radius 2 is 2.20 bits per heavy atom. The molecule has 15 heavy (non-hydrogen) atoms. The van der Waals surface area contributed by atoms with Gasteiger partial charge in [0.2, 0.25) is 5.91 Å². The van der Waals surface area contributed by atoms with Gasteiger partial charge in [0.1, 0.15) is 11.9 Å². The molecule has 0 aliphatic carbocycles. The number of aromatic nitrogens is 1. The average Bonchev–Trinajstić information content (AvgIpc) is 2.27. The minimum absolute atomic E-state index is 0.00667. The normalized spacial score (nSPS) is 9.80. The van der Waals surface area contributed by atoms with E-state index in [0.29, 0.717) is 11.4 Å². The Kier molecular flexibility index (Phi) is 3.40. The number of carbonyl (C=O) groups excluding carboxylic acids is 1. The predicted molar refractivity (Wildman–Crippen MR) is 57.2 cm³/mol. The third kappa shape index (κ3) is 2.53. The van der Waals surface area contributed by atoms with E-state index in [0.717, 1.165) is 0 Å². The Hall–Kier alpha value is -1.89. The van der Waals surface area contributed by atoms with E-state index >= 15 is 0 Å². The number of hydrogen-bond donors (Lipinski definition) is 0. The minimum Gasteiger partial charge on any atom is -0.300 e. The molecule has 0 spiro atoms. The van der Waals surface area contributed by atoms with Crippen LogP contribution in [0, 0.1) is 17.2 Å². The molecule has 78 valence electrons. The quantitative estimate of drug-likeness (QED) is 0.733. The van der Waals surface area contributed by atoms with Crippen LogP contribution in [-0.2, 0) is 4.79 Å². The van der Waals surface area contributed by atoms with Crippen LogP contribution in [0.1, 0.15) is 19.4 Å². The van der Waals surface area contributed by atoms with Gasteiger partial charge in [-0.05, 0) is 12.1 Å². The van der Waals surface area contributed by atoms with Crippen molar-refractivity contribution >= 4 is 11.7 Å². The van der Waals surface area contributed by atoms with Gasteiger partial charge in [0, 0.05) is 19.2 Å². The molecule has 0 fully saturated rings. The summed E-state index contributed by atoms with van der Waals surface area (Å²) < 4.78 is 0. The Labute approximate surface area is 89.2 Å². The van der Waals surface area contributed by atoms with Crippen LogP contribution in [0.2, 0.25) is 0 Å². The Morgan fingerprint density at radius 3 is 2.60 bits per heavy atom. The molecule has 0 aliphatic heterocycles. The van der Waals surface area contributed by atoms with Crippen LogP contribution in [0.15, 0.2) is 18.3 Å². The minimum atomic E-state index is -0.0626. The number of nitrogens with zero attached hydrogens (tertiary/aromatic N) is 3. The molecule has 0 aliphatic rings. The highest BCUT2D eigenvalue weighted by atomic mass is 16.2. The molecule has 4 nitrogen and oxygen atoms in total. The predicted octanol–water partition coefficient (Wildman–Crippen LogP) is 1.57. The highest BCUT2D eigenvalue weighted by Crippen LogP contribution is 2.11. The van der Waals surface area contributed by atoms with Gasteiger partial charge in [-0.25, -0.2) is 4.98 Å². The van der Waals surface area contributed by atoms with Crippen LogP contribution in [-0.4, -0.2) is 17.9 Å². The van der Waals surface area contributed by atoms with Crippen molar-refractivity contribution in [2.24, 2.45) is 5.92 Å². The molecule has 4 heteroatoms. The zero-order valence-electron chi connectivity index (χ0n) is 9.06. The first-order chi connectivity index (χ1) is 7.06. The fourth-order valence-corrected chi connectivity index (χ4v) is 1.15. The van der Waals surface area contributed by atoms with E-state index in [-0.39, 0.29) is 11.8 Å².